The van der Waals surface area contributed by atoms with Crippen molar-refractivity contribution in [1.29, 1.82) is 0 Å². The maximum absolute atomic E-state index is 11.5. The molecule has 0 aliphatic carbocycles. The van der Waals surface area contributed by atoms with E-state index in [-0.39, 0.29) is 17.5 Å². The van der Waals surface area contributed by atoms with E-state index in [1.807, 2.05) is 13.8 Å². The Balaban J connectivity index is 3.49. The molecule has 0 heterocycles. The maximum atomic E-state index is 11.5. The molecule has 2 heteroatoms. The molecule has 0 saturated heterocycles. The van der Waals surface area contributed by atoms with Crippen LogP contribution < -0.4 is 0 Å². The number of hydrogen-bond acceptors (Lipinski definition) is 2. The number of ketones is 2. The van der Waals surface area contributed by atoms with E-state index < -0.39 is 0 Å². The van der Waals surface area contributed by atoms with Crippen LogP contribution in [0.3, 0.4) is 0 Å². The van der Waals surface area contributed by atoms with E-state index in [0.717, 1.165) is 18.8 Å². The summed E-state index contributed by atoms with van der Waals surface area (Å²) in [5.74, 6) is 1.24. The van der Waals surface area contributed by atoms with E-state index in [0.29, 0.717) is 19.3 Å². The highest BCUT2D eigenvalue weighted by molar-refractivity contribution is 5.86. The Morgan fingerprint density at radius 1 is 0.875 bits per heavy atom. The second-order valence-electron chi connectivity index (χ2n) is 5.30. The number of carbonyl (C=O) groups excluding carboxylic acids is 2. The molecule has 0 fully saturated rings. The highest BCUT2D eigenvalue weighted by Crippen LogP contribution is 2.10. The Labute approximate surface area is 99.8 Å². The van der Waals surface area contributed by atoms with Crippen LogP contribution in [0.4, 0.5) is 0 Å². The van der Waals surface area contributed by atoms with Gasteiger partial charge in [0, 0.05) is 25.2 Å². The van der Waals surface area contributed by atoms with Crippen LogP contribution in [0.1, 0.15) is 66.2 Å². The third kappa shape index (κ3) is 8.63. The van der Waals surface area contributed by atoms with Gasteiger partial charge in [0.05, 0.1) is 0 Å². The van der Waals surface area contributed by atoms with Crippen molar-refractivity contribution >= 4 is 11.6 Å². The maximum Gasteiger partial charge on any atom is 0.135 e. The molecule has 0 unspecified atom stereocenters. The molecule has 0 N–H and O–H groups in total. The molecule has 0 radical (unpaired) electrons. The summed E-state index contributed by atoms with van der Waals surface area (Å²) in [6.07, 6.45) is 4.82. The molecular formula is C14H26O2. The summed E-state index contributed by atoms with van der Waals surface area (Å²) >= 11 is 0. The molecule has 0 aromatic rings. The first-order chi connectivity index (χ1) is 7.43. The van der Waals surface area contributed by atoms with Crippen LogP contribution in [0.2, 0.25) is 0 Å². The van der Waals surface area contributed by atoms with Gasteiger partial charge in [0.15, 0.2) is 0 Å². The molecule has 0 amide bonds. The first-order valence-electron chi connectivity index (χ1n) is 6.48. The van der Waals surface area contributed by atoms with Crippen molar-refractivity contribution < 1.29 is 9.59 Å². The van der Waals surface area contributed by atoms with Crippen LogP contribution in [0, 0.1) is 11.8 Å². The van der Waals surface area contributed by atoms with Crippen LogP contribution in [-0.2, 0) is 9.59 Å². The van der Waals surface area contributed by atoms with Gasteiger partial charge in [0.25, 0.3) is 0 Å². The average molecular weight is 226 g/mol. The van der Waals surface area contributed by atoms with E-state index in [4.69, 9.17) is 0 Å². The summed E-state index contributed by atoms with van der Waals surface area (Å²) in [5, 5.41) is 0. The normalized spacial score (nSPS) is 11.1. The molecule has 0 bridgehead atoms. The van der Waals surface area contributed by atoms with Crippen molar-refractivity contribution in [3.05, 3.63) is 0 Å². The fourth-order valence-electron chi connectivity index (χ4n) is 1.55. The quantitative estimate of drug-likeness (QED) is 0.561. The molecule has 16 heavy (non-hydrogen) atoms. The average Bonchev–Trinajstić information content (AvgIpc) is 2.20. The molecule has 0 spiro atoms. The number of rotatable bonds is 9. The summed E-state index contributed by atoms with van der Waals surface area (Å²) in [7, 11) is 0. The lowest BCUT2D eigenvalue weighted by atomic mass is 10.00. The lowest BCUT2D eigenvalue weighted by molar-refractivity contribution is -0.125. The Bertz CT molecular complexity index is 217. The third-order valence-corrected chi connectivity index (χ3v) is 2.78. The minimum absolute atomic E-state index is 0.0636. The zero-order chi connectivity index (χ0) is 12.6. The number of unbranched alkanes of at least 4 members (excludes halogenated alkanes) is 1. The molecular weight excluding hydrogens is 200 g/mol. The summed E-state index contributed by atoms with van der Waals surface area (Å²) in [4.78, 5) is 22.8. The third-order valence-electron chi connectivity index (χ3n) is 2.78. The van der Waals surface area contributed by atoms with Crippen molar-refractivity contribution in [2.45, 2.75) is 66.2 Å². The van der Waals surface area contributed by atoms with Crippen molar-refractivity contribution in [2.75, 3.05) is 0 Å². The smallest absolute Gasteiger partial charge is 0.135 e. The van der Waals surface area contributed by atoms with Crippen LogP contribution in [0.15, 0.2) is 0 Å². The van der Waals surface area contributed by atoms with Crippen LogP contribution in [-0.4, -0.2) is 11.6 Å². The highest BCUT2D eigenvalue weighted by atomic mass is 16.1. The molecule has 0 aliphatic heterocycles. The SMILES string of the molecule is CC(C)CCCCC(=O)CCC(=O)C(C)C. The molecule has 0 rings (SSSR count). The van der Waals surface area contributed by atoms with Crippen molar-refractivity contribution in [1.82, 2.24) is 0 Å². The highest BCUT2D eigenvalue weighted by Gasteiger charge is 2.10. The van der Waals surface area contributed by atoms with Gasteiger partial charge >= 0.3 is 0 Å². The molecule has 0 aromatic heterocycles. The zero-order valence-corrected chi connectivity index (χ0v) is 11.2. The summed E-state index contributed by atoms with van der Waals surface area (Å²) in [5.41, 5.74) is 0. The van der Waals surface area contributed by atoms with Gasteiger partial charge in [-0.05, 0) is 12.3 Å². The fraction of sp³-hybridized carbons (Fsp3) is 0.857. The van der Waals surface area contributed by atoms with E-state index >= 15 is 0 Å². The van der Waals surface area contributed by atoms with Gasteiger partial charge in [-0.25, -0.2) is 0 Å². The molecule has 94 valence electrons. The Kier molecular flexibility index (Phi) is 8.14. The Morgan fingerprint density at radius 3 is 2.00 bits per heavy atom. The largest absolute Gasteiger partial charge is 0.300 e. The fourth-order valence-corrected chi connectivity index (χ4v) is 1.55. The van der Waals surface area contributed by atoms with E-state index in [2.05, 4.69) is 13.8 Å². The van der Waals surface area contributed by atoms with Crippen molar-refractivity contribution in [2.24, 2.45) is 11.8 Å². The monoisotopic (exact) mass is 226 g/mol. The van der Waals surface area contributed by atoms with Gasteiger partial charge in [-0.3, -0.25) is 9.59 Å². The molecule has 2 nitrogen and oxygen atoms in total. The van der Waals surface area contributed by atoms with Crippen LogP contribution in [0.5, 0.6) is 0 Å². The predicted octanol–water partition coefficient (Wildman–Crippen LogP) is 3.78. The van der Waals surface area contributed by atoms with E-state index in [9.17, 15) is 9.59 Å². The van der Waals surface area contributed by atoms with Gasteiger partial charge in [-0.2, -0.15) is 0 Å². The predicted molar refractivity (Wildman–Crippen MR) is 67.4 cm³/mol. The molecule has 0 aromatic carbocycles. The number of carbonyl (C=O) groups is 2. The van der Waals surface area contributed by atoms with Crippen molar-refractivity contribution in [3.63, 3.8) is 0 Å². The Morgan fingerprint density at radius 2 is 1.50 bits per heavy atom. The topological polar surface area (TPSA) is 34.1 Å². The summed E-state index contributed by atoms with van der Waals surface area (Å²) in [6.45, 7) is 8.16. The molecule has 0 aliphatic rings. The van der Waals surface area contributed by atoms with Gasteiger partial charge in [-0.15, -0.1) is 0 Å². The van der Waals surface area contributed by atoms with E-state index in [1.54, 1.807) is 0 Å². The van der Waals surface area contributed by atoms with Gasteiger partial charge in [0.1, 0.15) is 11.6 Å². The van der Waals surface area contributed by atoms with Gasteiger partial charge in [0.2, 0.25) is 0 Å². The number of Topliss-reactive ketones (excluding diaryl/α,β-unsaturated/α-hetero) is 2. The standard InChI is InChI=1S/C14H26O2/c1-11(2)7-5-6-8-13(15)9-10-14(16)12(3)4/h11-12H,5-10H2,1-4H3. The molecule has 0 atom stereocenters. The molecule has 0 saturated carbocycles. The summed E-state index contributed by atoms with van der Waals surface area (Å²) in [6, 6.07) is 0. The zero-order valence-electron chi connectivity index (χ0n) is 11.2. The number of hydrogen-bond donors (Lipinski definition) is 0. The second kappa shape index (κ2) is 8.49. The van der Waals surface area contributed by atoms with Crippen molar-refractivity contribution in [3.8, 4) is 0 Å². The second-order valence-corrected chi connectivity index (χ2v) is 5.30. The first-order valence-corrected chi connectivity index (χ1v) is 6.48. The van der Waals surface area contributed by atoms with E-state index in [1.165, 1.54) is 6.42 Å². The van der Waals surface area contributed by atoms with Gasteiger partial charge < -0.3 is 0 Å². The van der Waals surface area contributed by atoms with Gasteiger partial charge in [-0.1, -0.05) is 40.5 Å². The minimum Gasteiger partial charge on any atom is -0.300 e. The van der Waals surface area contributed by atoms with Crippen LogP contribution in [0.25, 0.3) is 0 Å². The first kappa shape index (κ1) is 15.3. The minimum atomic E-state index is 0.0636. The Hall–Kier alpha value is -0.660. The summed E-state index contributed by atoms with van der Waals surface area (Å²) < 4.78 is 0. The van der Waals surface area contributed by atoms with Crippen LogP contribution >= 0.6 is 0 Å². The lowest BCUT2D eigenvalue weighted by Crippen LogP contribution is -2.09. The lowest BCUT2D eigenvalue weighted by Gasteiger charge is -2.05.